The highest BCUT2D eigenvalue weighted by atomic mass is 35.5. The Morgan fingerprint density at radius 1 is 1.20 bits per heavy atom. The van der Waals surface area contributed by atoms with Gasteiger partial charge in [0.25, 0.3) is 0 Å². The van der Waals surface area contributed by atoms with Crippen LogP contribution in [-0.4, -0.2) is 53.5 Å². The van der Waals surface area contributed by atoms with Gasteiger partial charge < -0.3 is 4.90 Å². The minimum atomic E-state index is 0.222. The molecule has 0 N–H and O–H groups in total. The van der Waals surface area contributed by atoms with Gasteiger partial charge in [-0.05, 0) is 46.4 Å². The van der Waals surface area contributed by atoms with Crippen molar-refractivity contribution in [3.63, 3.8) is 0 Å². The van der Waals surface area contributed by atoms with Gasteiger partial charge in [-0.2, -0.15) is 0 Å². The van der Waals surface area contributed by atoms with Crippen molar-refractivity contribution in [1.82, 2.24) is 19.8 Å². The van der Waals surface area contributed by atoms with E-state index in [-0.39, 0.29) is 6.04 Å². The van der Waals surface area contributed by atoms with Crippen molar-refractivity contribution in [2.75, 3.05) is 33.7 Å². The molecule has 1 fully saturated rings. The molecule has 0 saturated carbocycles. The van der Waals surface area contributed by atoms with E-state index in [1.54, 1.807) is 0 Å². The van der Waals surface area contributed by atoms with Crippen LogP contribution in [0.5, 0.6) is 0 Å². The number of aryl methyl sites for hydroxylation is 1. The number of hydrogen-bond acceptors (Lipinski definition) is 4. The van der Waals surface area contributed by atoms with Gasteiger partial charge in [0.1, 0.15) is 11.0 Å². The van der Waals surface area contributed by atoms with Crippen molar-refractivity contribution in [3.8, 4) is 0 Å². The number of hydrogen-bond donors (Lipinski definition) is 0. The van der Waals surface area contributed by atoms with E-state index in [9.17, 15) is 0 Å². The monoisotopic (exact) mass is 296 g/mol. The largest absolute Gasteiger partial charge is 0.304 e. The Kier molecular flexibility index (Phi) is 4.99. The molecule has 5 heteroatoms. The summed E-state index contributed by atoms with van der Waals surface area (Å²) in [4.78, 5) is 14.0. The molecular weight excluding hydrogens is 272 g/mol. The van der Waals surface area contributed by atoms with Gasteiger partial charge in [-0.3, -0.25) is 4.90 Å². The summed E-state index contributed by atoms with van der Waals surface area (Å²) in [5, 5.41) is 0.614. The van der Waals surface area contributed by atoms with Crippen LogP contribution in [0.25, 0.3) is 0 Å². The lowest BCUT2D eigenvalue weighted by Gasteiger charge is -2.27. The molecule has 0 bridgehead atoms. The molecule has 1 unspecified atom stereocenters. The maximum atomic E-state index is 6.39. The second-order valence-electron chi connectivity index (χ2n) is 6.14. The van der Waals surface area contributed by atoms with Gasteiger partial charge in [-0.15, -0.1) is 0 Å². The van der Waals surface area contributed by atoms with E-state index in [1.165, 1.54) is 6.42 Å². The molecule has 0 amide bonds. The zero-order valence-corrected chi connectivity index (χ0v) is 13.9. The normalized spacial score (nSPS) is 22.2. The molecule has 4 nitrogen and oxygen atoms in total. The van der Waals surface area contributed by atoms with Crippen LogP contribution in [0, 0.1) is 6.92 Å². The molecule has 1 aromatic rings. The second kappa shape index (κ2) is 6.37. The second-order valence-corrected chi connectivity index (χ2v) is 6.50. The smallest absolute Gasteiger partial charge is 0.148 e. The topological polar surface area (TPSA) is 32.3 Å². The van der Waals surface area contributed by atoms with Crippen LogP contribution in [0.4, 0.5) is 0 Å². The van der Waals surface area contributed by atoms with E-state index in [4.69, 9.17) is 16.6 Å². The minimum Gasteiger partial charge on any atom is -0.304 e. The Morgan fingerprint density at radius 3 is 2.50 bits per heavy atom. The fourth-order valence-electron chi connectivity index (χ4n) is 2.92. The summed E-state index contributed by atoms with van der Waals surface area (Å²) in [5.74, 6) is 1.21. The van der Waals surface area contributed by atoms with Crippen molar-refractivity contribution in [1.29, 1.82) is 0 Å². The van der Waals surface area contributed by atoms with Gasteiger partial charge in [0.15, 0.2) is 0 Å². The van der Waals surface area contributed by atoms with E-state index >= 15 is 0 Å². The third-order valence-electron chi connectivity index (χ3n) is 4.05. The lowest BCUT2D eigenvalue weighted by molar-refractivity contribution is 0.219. The average Bonchev–Trinajstić information content (AvgIpc) is 2.49. The quantitative estimate of drug-likeness (QED) is 0.786. The number of likely N-dealkylation sites (N-methyl/N-ethyl adjacent to an activating group) is 2. The first kappa shape index (κ1) is 15.7. The van der Waals surface area contributed by atoms with Crippen molar-refractivity contribution in [3.05, 3.63) is 22.2 Å². The molecule has 1 atom stereocenters. The van der Waals surface area contributed by atoms with Crippen LogP contribution >= 0.6 is 11.6 Å². The fourth-order valence-corrected chi connectivity index (χ4v) is 3.36. The summed E-state index contributed by atoms with van der Waals surface area (Å²) < 4.78 is 0. The molecular formula is C15H25ClN4. The zero-order valence-electron chi connectivity index (χ0n) is 13.1. The Bertz CT molecular complexity index is 452. The molecule has 0 spiro atoms. The van der Waals surface area contributed by atoms with Crippen molar-refractivity contribution >= 4 is 11.6 Å². The summed E-state index contributed by atoms with van der Waals surface area (Å²) in [6.45, 7) is 9.43. The lowest BCUT2D eigenvalue weighted by atomic mass is 10.0. The SMILES string of the molecule is Cc1nc(C2CN(C)CCCN2C)nc(Cl)c1C(C)C. The Balaban J connectivity index is 2.36. The predicted molar refractivity (Wildman–Crippen MR) is 83.4 cm³/mol. The highest BCUT2D eigenvalue weighted by Crippen LogP contribution is 2.28. The molecule has 0 aliphatic carbocycles. The summed E-state index contributed by atoms with van der Waals surface area (Å²) in [6, 6.07) is 0.222. The van der Waals surface area contributed by atoms with E-state index in [2.05, 4.69) is 42.7 Å². The molecule has 0 aromatic carbocycles. The third kappa shape index (κ3) is 3.30. The van der Waals surface area contributed by atoms with Gasteiger partial charge in [-0.1, -0.05) is 25.4 Å². The zero-order chi connectivity index (χ0) is 14.9. The maximum absolute atomic E-state index is 6.39. The fraction of sp³-hybridized carbons (Fsp3) is 0.733. The molecule has 112 valence electrons. The van der Waals surface area contributed by atoms with E-state index in [0.717, 1.165) is 36.7 Å². The van der Waals surface area contributed by atoms with Crippen LogP contribution in [0.3, 0.4) is 0 Å². The standard InChI is InChI=1S/C15H25ClN4/c1-10(2)13-11(3)17-15(18-14(13)16)12-9-19(4)7-6-8-20(12)5/h10,12H,6-9H2,1-5H3. The summed E-state index contributed by atoms with van der Waals surface area (Å²) in [7, 11) is 4.30. The summed E-state index contributed by atoms with van der Waals surface area (Å²) in [6.07, 6.45) is 1.18. The average molecular weight is 297 g/mol. The number of rotatable bonds is 2. The first-order chi connectivity index (χ1) is 9.40. The van der Waals surface area contributed by atoms with Crippen LogP contribution in [0.15, 0.2) is 0 Å². The summed E-state index contributed by atoms with van der Waals surface area (Å²) >= 11 is 6.39. The lowest BCUT2D eigenvalue weighted by Crippen LogP contribution is -2.32. The van der Waals surface area contributed by atoms with Crippen molar-refractivity contribution in [2.45, 2.75) is 39.2 Å². The highest BCUT2D eigenvalue weighted by Gasteiger charge is 2.26. The highest BCUT2D eigenvalue weighted by molar-refractivity contribution is 6.30. The van der Waals surface area contributed by atoms with Gasteiger partial charge in [0.2, 0.25) is 0 Å². The molecule has 1 saturated heterocycles. The van der Waals surface area contributed by atoms with Crippen molar-refractivity contribution < 1.29 is 0 Å². The maximum Gasteiger partial charge on any atom is 0.148 e. The van der Waals surface area contributed by atoms with Crippen molar-refractivity contribution in [2.24, 2.45) is 0 Å². The first-order valence-electron chi connectivity index (χ1n) is 7.33. The Hall–Kier alpha value is -0.710. The van der Waals surface area contributed by atoms with E-state index < -0.39 is 0 Å². The Labute approximate surface area is 127 Å². The van der Waals surface area contributed by atoms with Crippen LogP contribution in [-0.2, 0) is 0 Å². The third-order valence-corrected chi connectivity index (χ3v) is 4.34. The number of nitrogens with zero attached hydrogens (tertiary/aromatic N) is 4. The first-order valence-corrected chi connectivity index (χ1v) is 7.70. The molecule has 1 aliphatic heterocycles. The Morgan fingerprint density at radius 2 is 1.90 bits per heavy atom. The van der Waals surface area contributed by atoms with Gasteiger partial charge in [0, 0.05) is 17.8 Å². The minimum absolute atomic E-state index is 0.222. The molecule has 2 heterocycles. The predicted octanol–water partition coefficient (Wildman–Crippen LogP) is 2.87. The van der Waals surface area contributed by atoms with Crippen LogP contribution < -0.4 is 0 Å². The molecule has 1 aliphatic rings. The molecule has 2 rings (SSSR count). The molecule has 0 radical (unpaired) electrons. The number of aromatic nitrogens is 2. The van der Waals surface area contributed by atoms with Crippen LogP contribution in [0.1, 0.15) is 49.3 Å². The van der Waals surface area contributed by atoms with Gasteiger partial charge in [0.05, 0.1) is 6.04 Å². The molecule has 20 heavy (non-hydrogen) atoms. The van der Waals surface area contributed by atoms with E-state index in [1.807, 2.05) is 6.92 Å². The van der Waals surface area contributed by atoms with Gasteiger partial charge >= 0.3 is 0 Å². The van der Waals surface area contributed by atoms with Crippen LogP contribution in [0.2, 0.25) is 5.15 Å². The number of halogens is 1. The van der Waals surface area contributed by atoms with E-state index in [0.29, 0.717) is 11.1 Å². The van der Waals surface area contributed by atoms with Gasteiger partial charge in [-0.25, -0.2) is 9.97 Å². The summed E-state index contributed by atoms with van der Waals surface area (Å²) in [5.41, 5.74) is 2.08. The molecule has 1 aromatic heterocycles.